The molecule has 1 aliphatic rings. The number of imidazole rings is 1. The third-order valence-electron chi connectivity index (χ3n) is 6.93. The number of nitrogens with two attached hydrogens (primary N) is 1. The average molecular weight is 607 g/mol. The van der Waals surface area contributed by atoms with Gasteiger partial charge in [-0.25, -0.2) is 9.55 Å². The van der Waals surface area contributed by atoms with Crippen molar-refractivity contribution in [1.29, 1.82) is 0 Å². The zero-order chi connectivity index (χ0) is 30.2. The van der Waals surface area contributed by atoms with Crippen molar-refractivity contribution < 1.29 is 32.7 Å². The van der Waals surface area contributed by atoms with Gasteiger partial charge in [-0.1, -0.05) is 39.0 Å². The molecular formula is C25H35N6O8PSi. The monoisotopic (exact) mass is 606 g/mol. The van der Waals surface area contributed by atoms with Crippen LogP contribution in [0.2, 0.25) is 18.1 Å². The number of rotatable bonds is 11. The van der Waals surface area contributed by atoms with E-state index in [1.54, 1.807) is 41.0 Å². The Labute approximate surface area is 237 Å². The van der Waals surface area contributed by atoms with Crippen LogP contribution >= 0.6 is 7.75 Å². The molecule has 3 heterocycles. The van der Waals surface area contributed by atoms with E-state index in [2.05, 4.69) is 53.9 Å². The smallest absolute Gasteiger partial charge is 0.459 e. The second-order valence-electron chi connectivity index (χ2n) is 11.1. The molecule has 4 rings (SSSR count). The van der Waals surface area contributed by atoms with Crippen molar-refractivity contribution in [1.82, 2.24) is 24.6 Å². The van der Waals surface area contributed by atoms with Crippen LogP contribution in [0.4, 0.5) is 5.95 Å². The molecule has 222 valence electrons. The molecule has 41 heavy (non-hydrogen) atoms. The van der Waals surface area contributed by atoms with Crippen molar-refractivity contribution in [2.45, 2.75) is 64.2 Å². The van der Waals surface area contributed by atoms with Crippen LogP contribution in [-0.2, 0) is 23.0 Å². The molecule has 1 unspecified atom stereocenters. The van der Waals surface area contributed by atoms with Gasteiger partial charge in [0.25, 0.3) is 5.56 Å². The summed E-state index contributed by atoms with van der Waals surface area (Å²) >= 11 is 0. The molecular weight excluding hydrogens is 571 g/mol. The predicted molar refractivity (Wildman–Crippen MR) is 154 cm³/mol. The summed E-state index contributed by atoms with van der Waals surface area (Å²) in [6, 6.07) is 7.00. The molecule has 0 saturated heterocycles. The van der Waals surface area contributed by atoms with E-state index in [0.717, 1.165) is 0 Å². The number of ether oxygens (including phenoxy) is 1. The molecule has 0 radical (unpaired) electrons. The van der Waals surface area contributed by atoms with E-state index in [1.165, 1.54) is 13.3 Å². The summed E-state index contributed by atoms with van der Waals surface area (Å²) < 4.78 is 39.3. The maximum absolute atomic E-state index is 13.7. The summed E-state index contributed by atoms with van der Waals surface area (Å²) in [5.41, 5.74) is 5.57. The van der Waals surface area contributed by atoms with Crippen molar-refractivity contribution in [3.63, 3.8) is 0 Å². The number of H-pyrrole nitrogens is 1. The van der Waals surface area contributed by atoms with Gasteiger partial charge in [0.2, 0.25) is 12.2 Å². The fraction of sp³-hybridized carbons (Fsp3) is 0.440. The molecule has 3 aromatic rings. The minimum Gasteiger partial charge on any atom is -0.480 e. The number of hydrogen-bond donors (Lipinski definition) is 4. The lowest BCUT2D eigenvalue weighted by Gasteiger charge is -2.39. The second kappa shape index (κ2) is 11.4. The number of para-hydroxylation sites is 1. The van der Waals surface area contributed by atoms with Gasteiger partial charge >= 0.3 is 13.7 Å². The van der Waals surface area contributed by atoms with Gasteiger partial charge in [0.1, 0.15) is 36.6 Å². The Morgan fingerprint density at radius 1 is 1.32 bits per heavy atom. The molecule has 2 aromatic heterocycles. The number of nitrogens with one attached hydrogen (secondary N) is 2. The minimum atomic E-state index is -4.20. The van der Waals surface area contributed by atoms with E-state index in [1.807, 2.05) is 0 Å². The molecule has 0 fully saturated rings. The average Bonchev–Trinajstić information content (AvgIpc) is 3.46. The number of anilines is 1. The summed E-state index contributed by atoms with van der Waals surface area (Å²) in [4.78, 5) is 34.7. The molecule has 0 amide bonds. The highest BCUT2D eigenvalue weighted by Gasteiger charge is 2.44. The van der Waals surface area contributed by atoms with E-state index in [9.17, 15) is 19.3 Å². The van der Waals surface area contributed by atoms with Crippen molar-refractivity contribution >= 4 is 39.1 Å². The van der Waals surface area contributed by atoms with Crippen LogP contribution in [0.1, 0.15) is 33.9 Å². The lowest BCUT2D eigenvalue weighted by atomic mass is 10.2. The fourth-order valence-electron chi connectivity index (χ4n) is 3.71. The number of carbonyl (C=O) groups is 1. The Bertz CT molecular complexity index is 1550. The highest BCUT2D eigenvalue weighted by atomic mass is 31.2. The van der Waals surface area contributed by atoms with Crippen LogP contribution in [-0.4, -0.2) is 57.7 Å². The quantitative estimate of drug-likeness (QED) is 0.183. The Morgan fingerprint density at radius 2 is 2.00 bits per heavy atom. The lowest BCUT2D eigenvalue weighted by Crippen LogP contribution is -2.45. The number of benzene rings is 1. The number of nitrogens with zero attached hydrogens (tertiary/aromatic N) is 3. The molecule has 1 aliphatic heterocycles. The summed E-state index contributed by atoms with van der Waals surface area (Å²) in [7, 11) is -6.56. The topological polar surface area (TPSA) is 193 Å². The highest BCUT2D eigenvalue weighted by Crippen LogP contribution is 2.46. The van der Waals surface area contributed by atoms with Gasteiger partial charge in [-0.05, 0) is 43.3 Å². The van der Waals surface area contributed by atoms with Gasteiger partial charge < -0.3 is 24.5 Å². The number of hydrogen-bond acceptors (Lipinski definition) is 10. The van der Waals surface area contributed by atoms with Crippen LogP contribution in [0.15, 0.2) is 53.3 Å². The molecule has 0 aliphatic carbocycles. The van der Waals surface area contributed by atoms with Crippen LogP contribution in [0.5, 0.6) is 5.75 Å². The zero-order valence-corrected chi connectivity index (χ0v) is 25.5. The maximum Gasteiger partial charge on any atom is 0.459 e. The lowest BCUT2D eigenvalue weighted by molar-refractivity contribution is -0.138. The Morgan fingerprint density at radius 3 is 2.63 bits per heavy atom. The van der Waals surface area contributed by atoms with Crippen LogP contribution < -0.4 is 20.9 Å². The number of nitrogen functional groups attached to an aromatic ring is 1. The molecule has 1 aromatic carbocycles. The third-order valence-corrected chi connectivity index (χ3v) is 13.0. The van der Waals surface area contributed by atoms with Gasteiger partial charge in [0, 0.05) is 0 Å². The van der Waals surface area contributed by atoms with Crippen LogP contribution in [0, 0.1) is 0 Å². The Hall–Kier alpha value is -3.49. The molecule has 0 spiro atoms. The fourth-order valence-corrected chi connectivity index (χ4v) is 6.39. The van der Waals surface area contributed by atoms with E-state index in [0.29, 0.717) is 0 Å². The van der Waals surface area contributed by atoms with Crippen molar-refractivity contribution in [3.8, 4) is 5.75 Å². The maximum atomic E-state index is 13.7. The SMILES string of the molecule is CC(N[P@](=O)(OCC1=C[C@@H](O[Si](C)(C)C(C)(C)C)[C@H](n2cnc3c(=O)[nH]c(N)nc32)O1)Oc1ccccc1)C(=O)O. The first-order valence-corrected chi connectivity index (χ1v) is 17.3. The van der Waals surface area contributed by atoms with E-state index in [4.69, 9.17) is 23.9 Å². The van der Waals surface area contributed by atoms with Gasteiger partial charge in [-0.3, -0.25) is 23.7 Å². The normalized spacial score (nSPS) is 19.8. The minimum absolute atomic E-state index is 0.0752. The number of carboxylic acids is 1. The van der Waals surface area contributed by atoms with E-state index in [-0.39, 0.29) is 40.3 Å². The predicted octanol–water partition coefficient (Wildman–Crippen LogP) is 3.77. The first-order valence-electron chi connectivity index (χ1n) is 12.9. The van der Waals surface area contributed by atoms with Crippen LogP contribution in [0.3, 0.4) is 0 Å². The van der Waals surface area contributed by atoms with Crippen LogP contribution in [0.25, 0.3) is 11.2 Å². The van der Waals surface area contributed by atoms with Gasteiger partial charge in [-0.2, -0.15) is 10.1 Å². The summed E-state index contributed by atoms with van der Waals surface area (Å²) in [5.74, 6) is -0.852. The summed E-state index contributed by atoms with van der Waals surface area (Å²) in [6.07, 6.45) is 1.60. The molecule has 16 heteroatoms. The van der Waals surface area contributed by atoms with Gasteiger partial charge in [0.15, 0.2) is 19.5 Å². The van der Waals surface area contributed by atoms with E-state index >= 15 is 0 Å². The van der Waals surface area contributed by atoms with Crippen molar-refractivity contribution in [2.75, 3.05) is 12.3 Å². The molecule has 4 atom stereocenters. The Kier molecular flexibility index (Phi) is 8.48. The van der Waals surface area contributed by atoms with Gasteiger partial charge in [0.05, 0.1) is 0 Å². The molecule has 0 bridgehead atoms. The first-order chi connectivity index (χ1) is 19.1. The summed E-state index contributed by atoms with van der Waals surface area (Å²) in [5, 5.41) is 11.7. The number of aliphatic carboxylic acids is 1. The number of fused-ring (bicyclic) bond motifs is 1. The summed E-state index contributed by atoms with van der Waals surface area (Å²) in [6.45, 7) is 11.4. The molecule has 14 nitrogen and oxygen atoms in total. The second-order valence-corrected chi connectivity index (χ2v) is 17.6. The van der Waals surface area contributed by atoms with Gasteiger partial charge in [-0.15, -0.1) is 0 Å². The first kappa shape index (κ1) is 30.5. The largest absolute Gasteiger partial charge is 0.480 e. The molecule has 5 N–H and O–H groups in total. The Balaban J connectivity index is 1.64. The number of aromatic nitrogens is 4. The van der Waals surface area contributed by atoms with E-state index < -0.39 is 46.0 Å². The highest BCUT2D eigenvalue weighted by molar-refractivity contribution is 7.52. The number of aromatic amines is 1. The standard InChI is InChI=1S/C25H35N6O8PSi/c1-15(23(33)34)30-40(35,38-16-10-8-7-9-11-16)36-13-17-12-18(39-41(5,6)25(2,3)4)22(37-17)31-14-27-19-20(31)28-24(26)29-21(19)32/h7-12,14-15,18,22H,13H2,1-6H3,(H,30,35)(H,33,34)(H3,26,28,29,32)/t15?,18-,22-,40+/m1/s1. The molecule has 0 saturated carbocycles. The van der Waals surface area contributed by atoms with Crippen molar-refractivity contribution in [2.24, 2.45) is 0 Å². The van der Waals surface area contributed by atoms with Crippen molar-refractivity contribution in [3.05, 3.63) is 58.8 Å². The number of carboxylic acid groups (broad SMARTS) is 1. The third kappa shape index (κ3) is 6.88. The zero-order valence-electron chi connectivity index (χ0n) is 23.7.